The van der Waals surface area contributed by atoms with E-state index in [9.17, 15) is 14.4 Å². The van der Waals surface area contributed by atoms with Gasteiger partial charge in [-0.25, -0.2) is 4.79 Å². The summed E-state index contributed by atoms with van der Waals surface area (Å²) in [6.07, 6.45) is 2.87. The summed E-state index contributed by atoms with van der Waals surface area (Å²) >= 11 is 0. The molecule has 0 fully saturated rings. The van der Waals surface area contributed by atoms with Crippen molar-refractivity contribution in [3.8, 4) is 0 Å². The van der Waals surface area contributed by atoms with Crippen LogP contribution in [0.15, 0.2) is 83.1 Å². The lowest BCUT2D eigenvalue weighted by atomic mass is 10.1. The molecule has 1 heterocycles. The molecule has 0 saturated heterocycles. The fourth-order valence-corrected chi connectivity index (χ4v) is 2.39. The lowest BCUT2D eigenvalue weighted by Crippen LogP contribution is -2.30. The van der Waals surface area contributed by atoms with E-state index in [1.807, 2.05) is 6.07 Å². The molecule has 0 saturated carbocycles. The molecule has 0 atom stereocenters. The second-order valence-electron chi connectivity index (χ2n) is 5.74. The number of furan rings is 1. The van der Waals surface area contributed by atoms with Crippen molar-refractivity contribution in [3.63, 3.8) is 0 Å². The molecule has 28 heavy (non-hydrogen) atoms. The van der Waals surface area contributed by atoms with Gasteiger partial charge < -0.3 is 20.2 Å². The standard InChI is InChI=1S/C21H16N2O5/c24-19(22-16-9-4-8-15(13-16)21(26)27)17(12-14-6-2-1-3-7-14)23-20(25)18-10-5-11-28-18/h1-13H,(H,22,24)(H,23,25)(H,26,27)/b17-12-. The zero-order chi connectivity index (χ0) is 19.9. The van der Waals surface area contributed by atoms with Crippen molar-refractivity contribution in [2.75, 3.05) is 5.32 Å². The van der Waals surface area contributed by atoms with Crippen LogP contribution in [0.2, 0.25) is 0 Å². The lowest BCUT2D eigenvalue weighted by Gasteiger charge is -2.11. The average molecular weight is 376 g/mol. The molecule has 0 aliphatic rings. The molecule has 3 N–H and O–H groups in total. The zero-order valence-corrected chi connectivity index (χ0v) is 14.6. The first kappa shape index (κ1) is 18.7. The van der Waals surface area contributed by atoms with Gasteiger partial charge in [-0.2, -0.15) is 0 Å². The summed E-state index contributed by atoms with van der Waals surface area (Å²) in [5.74, 6) is -2.24. The van der Waals surface area contributed by atoms with Crippen LogP contribution in [0.25, 0.3) is 6.08 Å². The quantitative estimate of drug-likeness (QED) is 0.572. The fraction of sp³-hybridized carbons (Fsp3) is 0. The number of benzene rings is 2. The summed E-state index contributed by atoms with van der Waals surface area (Å²) in [6.45, 7) is 0. The van der Waals surface area contributed by atoms with Crippen LogP contribution in [-0.2, 0) is 4.79 Å². The van der Waals surface area contributed by atoms with E-state index in [0.29, 0.717) is 5.56 Å². The summed E-state index contributed by atoms with van der Waals surface area (Å²) in [6, 6.07) is 17.8. The van der Waals surface area contributed by atoms with Gasteiger partial charge in [-0.15, -0.1) is 0 Å². The van der Waals surface area contributed by atoms with E-state index in [1.54, 1.807) is 36.4 Å². The van der Waals surface area contributed by atoms with Crippen LogP contribution in [-0.4, -0.2) is 22.9 Å². The summed E-state index contributed by atoms with van der Waals surface area (Å²) in [7, 11) is 0. The van der Waals surface area contributed by atoms with E-state index >= 15 is 0 Å². The maximum atomic E-state index is 12.7. The first-order valence-corrected chi connectivity index (χ1v) is 8.29. The second-order valence-corrected chi connectivity index (χ2v) is 5.74. The Labute approximate surface area is 160 Å². The number of amides is 2. The van der Waals surface area contributed by atoms with Gasteiger partial charge in [-0.3, -0.25) is 9.59 Å². The molecule has 7 nitrogen and oxygen atoms in total. The largest absolute Gasteiger partial charge is 0.478 e. The molecular formula is C21H16N2O5. The minimum Gasteiger partial charge on any atom is -0.478 e. The van der Waals surface area contributed by atoms with Gasteiger partial charge in [-0.1, -0.05) is 36.4 Å². The summed E-state index contributed by atoms with van der Waals surface area (Å²) in [5, 5.41) is 14.2. The Balaban J connectivity index is 1.86. The molecular weight excluding hydrogens is 360 g/mol. The van der Waals surface area contributed by atoms with Gasteiger partial charge >= 0.3 is 5.97 Å². The Morgan fingerprint density at radius 2 is 1.71 bits per heavy atom. The predicted octanol–water partition coefficient (Wildman–Crippen LogP) is 3.39. The van der Waals surface area contributed by atoms with E-state index < -0.39 is 17.8 Å². The SMILES string of the molecule is O=C(Nc1cccc(C(=O)O)c1)/C(=C/c1ccccc1)NC(=O)c1ccco1. The van der Waals surface area contributed by atoms with Crippen molar-refractivity contribution in [2.24, 2.45) is 0 Å². The summed E-state index contributed by atoms with van der Waals surface area (Å²) in [4.78, 5) is 36.1. The van der Waals surface area contributed by atoms with Crippen molar-refractivity contribution in [2.45, 2.75) is 0 Å². The normalized spacial score (nSPS) is 10.9. The minimum atomic E-state index is -1.11. The first-order chi connectivity index (χ1) is 13.5. The van der Waals surface area contributed by atoms with Crippen LogP contribution < -0.4 is 10.6 Å². The molecule has 3 aromatic rings. The smallest absolute Gasteiger partial charge is 0.335 e. The van der Waals surface area contributed by atoms with Crippen LogP contribution in [0.4, 0.5) is 5.69 Å². The van der Waals surface area contributed by atoms with Crippen LogP contribution >= 0.6 is 0 Å². The fourth-order valence-electron chi connectivity index (χ4n) is 2.39. The van der Waals surface area contributed by atoms with Crippen LogP contribution in [0, 0.1) is 0 Å². The predicted molar refractivity (Wildman–Crippen MR) is 103 cm³/mol. The monoisotopic (exact) mass is 376 g/mol. The Morgan fingerprint density at radius 1 is 0.929 bits per heavy atom. The number of carbonyl (C=O) groups is 3. The first-order valence-electron chi connectivity index (χ1n) is 8.29. The molecule has 2 amide bonds. The van der Waals surface area contributed by atoms with Gasteiger partial charge in [0.25, 0.3) is 11.8 Å². The minimum absolute atomic E-state index is 0.0201. The highest BCUT2D eigenvalue weighted by Crippen LogP contribution is 2.13. The number of nitrogens with one attached hydrogen (secondary N) is 2. The van der Waals surface area contributed by atoms with Crippen molar-refractivity contribution < 1.29 is 23.9 Å². The van der Waals surface area contributed by atoms with Gasteiger partial charge in [0.1, 0.15) is 5.70 Å². The maximum absolute atomic E-state index is 12.7. The number of carbonyl (C=O) groups excluding carboxylic acids is 2. The molecule has 0 bridgehead atoms. The van der Waals surface area contributed by atoms with E-state index in [1.165, 1.54) is 36.6 Å². The van der Waals surface area contributed by atoms with E-state index in [2.05, 4.69) is 10.6 Å². The van der Waals surface area contributed by atoms with E-state index in [4.69, 9.17) is 9.52 Å². The number of hydrogen-bond acceptors (Lipinski definition) is 4. The number of hydrogen-bond donors (Lipinski definition) is 3. The van der Waals surface area contributed by atoms with Gasteiger partial charge in [0.15, 0.2) is 5.76 Å². The Kier molecular flexibility index (Phi) is 5.66. The highest BCUT2D eigenvalue weighted by atomic mass is 16.4. The van der Waals surface area contributed by atoms with Crippen molar-refractivity contribution in [3.05, 3.63) is 95.6 Å². The number of aromatic carboxylic acids is 1. The Morgan fingerprint density at radius 3 is 2.39 bits per heavy atom. The molecule has 0 aliphatic carbocycles. The molecule has 0 spiro atoms. The van der Waals surface area contributed by atoms with Crippen LogP contribution in [0.3, 0.4) is 0 Å². The lowest BCUT2D eigenvalue weighted by molar-refractivity contribution is -0.113. The number of rotatable bonds is 6. The Bertz CT molecular complexity index is 1020. The molecule has 0 aliphatic heterocycles. The van der Waals surface area contributed by atoms with Crippen molar-refractivity contribution in [1.82, 2.24) is 5.32 Å². The molecule has 0 radical (unpaired) electrons. The van der Waals surface area contributed by atoms with E-state index in [0.717, 1.165) is 0 Å². The van der Waals surface area contributed by atoms with E-state index in [-0.39, 0.29) is 22.7 Å². The molecule has 140 valence electrons. The Hall–Kier alpha value is -4.13. The maximum Gasteiger partial charge on any atom is 0.335 e. The third-order valence-corrected chi connectivity index (χ3v) is 3.72. The number of anilines is 1. The molecule has 7 heteroatoms. The van der Waals surface area contributed by atoms with Crippen LogP contribution in [0.1, 0.15) is 26.5 Å². The topological polar surface area (TPSA) is 109 Å². The summed E-state index contributed by atoms with van der Waals surface area (Å²) < 4.78 is 5.05. The zero-order valence-electron chi connectivity index (χ0n) is 14.6. The second kappa shape index (κ2) is 8.50. The third-order valence-electron chi connectivity index (χ3n) is 3.72. The number of carboxylic acid groups (broad SMARTS) is 1. The highest BCUT2D eigenvalue weighted by Gasteiger charge is 2.17. The van der Waals surface area contributed by atoms with Crippen molar-refractivity contribution in [1.29, 1.82) is 0 Å². The highest BCUT2D eigenvalue weighted by molar-refractivity contribution is 6.10. The molecule has 2 aromatic carbocycles. The summed E-state index contributed by atoms with van der Waals surface area (Å²) in [5.41, 5.74) is 1.00. The van der Waals surface area contributed by atoms with Crippen LogP contribution in [0.5, 0.6) is 0 Å². The number of carboxylic acids is 1. The van der Waals surface area contributed by atoms with Gasteiger partial charge in [-0.05, 0) is 42.0 Å². The molecule has 1 aromatic heterocycles. The third kappa shape index (κ3) is 4.73. The van der Waals surface area contributed by atoms with Gasteiger partial charge in [0.2, 0.25) is 0 Å². The van der Waals surface area contributed by atoms with Gasteiger partial charge in [0, 0.05) is 5.69 Å². The van der Waals surface area contributed by atoms with Crippen molar-refractivity contribution >= 4 is 29.5 Å². The molecule has 0 unspecified atom stereocenters. The average Bonchev–Trinajstić information content (AvgIpc) is 3.23. The molecule has 3 rings (SSSR count). The van der Waals surface area contributed by atoms with Gasteiger partial charge in [0.05, 0.1) is 11.8 Å².